The Bertz CT molecular complexity index is 970. The van der Waals surface area contributed by atoms with Crippen molar-refractivity contribution in [1.82, 2.24) is 14.6 Å². The summed E-state index contributed by atoms with van der Waals surface area (Å²) in [6.07, 6.45) is 1.83. The number of nitrogens with two attached hydrogens (primary N) is 1. The normalized spacial score (nSPS) is 15.0. The molecular weight excluding hydrogens is 360 g/mol. The number of nitrogens with zero attached hydrogens (tertiary/aromatic N) is 3. The van der Waals surface area contributed by atoms with Gasteiger partial charge in [-0.2, -0.15) is 0 Å². The van der Waals surface area contributed by atoms with E-state index < -0.39 is 0 Å². The molecule has 28 heavy (non-hydrogen) atoms. The molecule has 0 spiro atoms. The number of anilines is 1. The molecule has 3 heterocycles. The van der Waals surface area contributed by atoms with Gasteiger partial charge in [0.2, 0.25) is 5.75 Å². The van der Waals surface area contributed by atoms with Crippen LogP contribution < -0.4 is 19.9 Å². The molecule has 8 nitrogen and oxygen atoms in total. The summed E-state index contributed by atoms with van der Waals surface area (Å²) < 4.78 is 23.9. The summed E-state index contributed by atoms with van der Waals surface area (Å²) in [6.45, 7) is 1.45. The van der Waals surface area contributed by atoms with Crippen LogP contribution in [0.25, 0.3) is 16.9 Å². The Morgan fingerprint density at radius 1 is 1.04 bits per heavy atom. The van der Waals surface area contributed by atoms with Crippen molar-refractivity contribution in [2.75, 3.05) is 40.3 Å². The molecule has 2 N–H and O–H groups in total. The third-order valence-corrected chi connectivity index (χ3v) is 5.07. The fourth-order valence-electron chi connectivity index (χ4n) is 3.71. The van der Waals surface area contributed by atoms with E-state index in [2.05, 4.69) is 5.10 Å². The van der Waals surface area contributed by atoms with E-state index in [1.165, 1.54) is 0 Å². The fraction of sp³-hybridized carbons (Fsp3) is 0.400. The summed E-state index contributed by atoms with van der Waals surface area (Å²) in [6, 6.07) is 7.47. The maximum absolute atomic E-state index is 5.97. The second kappa shape index (κ2) is 7.55. The van der Waals surface area contributed by atoms with Crippen molar-refractivity contribution in [3.8, 4) is 28.5 Å². The predicted octanol–water partition coefficient (Wildman–Crippen LogP) is 2.90. The van der Waals surface area contributed by atoms with Gasteiger partial charge in [0.25, 0.3) is 0 Å². The van der Waals surface area contributed by atoms with Crippen molar-refractivity contribution in [3.05, 3.63) is 30.0 Å². The summed E-state index contributed by atoms with van der Waals surface area (Å²) in [5.74, 6) is 2.41. The van der Waals surface area contributed by atoms with Crippen LogP contribution in [-0.4, -0.2) is 49.1 Å². The molecule has 2 aromatic heterocycles. The van der Waals surface area contributed by atoms with Gasteiger partial charge < -0.3 is 24.7 Å². The van der Waals surface area contributed by atoms with Gasteiger partial charge in [0.1, 0.15) is 5.82 Å². The molecule has 0 unspecified atom stereocenters. The molecule has 8 heteroatoms. The highest BCUT2D eigenvalue weighted by molar-refractivity contribution is 5.73. The minimum Gasteiger partial charge on any atom is -0.493 e. The topological polar surface area (TPSA) is 93.1 Å². The molecule has 148 valence electrons. The molecule has 1 saturated heterocycles. The largest absolute Gasteiger partial charge is 0.493 e. The summed E-state index contributed by atoms with van der Waals surface area (Å²) in [5.41, 5.74) is 9.46. The molecule has 4 rings (SSSR count). The fourth-order valence-corrected chi connectivity index (χ4v) is 3.71. The van der Waals surface area contributed by atoms with Gasteiger partial charge in [-0.25, -0.2) is 9.50 Å². The molecule has 1 fully saturated rings. The van der Waals surface area contributed by atoms with E-state index >= 15 is 0 Å². The summed E-state index contributed by atoms with van der Waals surface area (Å²) >= 11 is 0. The molecule has 0 amide bonds. The highest BCUT2D eigenvalue weighted by Crippen LogP contribution is 2.43. The van der Waals surface area contributed by atoms with Crippen LogP contribution in [0.3, 0.4) is 0 Å². The third kappa shape index (κ3) is 3.09. The first-order valence-electron chi connectivity index (χ1n) is 9.19. The predicted molar refractivity (Wildman–Crippen MR) is 105 cm³/mol. The Balaban J connectivity index is 1.97. The average Bonchev–Trinajstić information content (AvgIpc) is 3.11. The first-order chi connectivity index (χ1) is 13.7. The van der Waals surface area contributed by atoms with E-state index in [4.69, 9.17) is 29.7 Å². The van der Waals surface area contributed by atoms with Crippen molar-refractivity contribution >= 4 is 11.5 Å². The molecule has 0 bridgehead atoms. The van der Waals surface area contributed by atoms with Gasteiger partial charge in [0.15, 0.2) is 17.1 Å². The van der Waals surface area contributed by atoms with Gasteiger partial charge in [-0.15, -0.1) is 5.10 Å². The van der Waals surface area contributed by atoms with E-state index in [9.17, 15) is 0 Å². The number of imidazole rings is 1. The van der Waals surface area contributed by atoms with Crippen molar-refractivity contribution in [2.45, 2.75) is 18.8 Å². The number of hydrogen-bond donors (Lipinski definition) is 1. The lowest BCUT2D eigenvalue weighted by Crippen LogP contribution is -2.15. The number of rotatable bonds is 5. The number of nitrogen functional groups attached to an aromatic ring is 1. The number of benzene rings is 1. The zero-order valence-electron chi connectivity index (χ0n) is 16.3. The maximum atomic E-state index is 5.97. The zero-order valence-corrected chi connectivity index (χ0v) is 16.3. The van der Waals surface area contributed by atoms with Crippen LogP contribution in [0.15, 0.2) is 24.3 Å². The third-order valence-electron chi connectivity index (χ3n) is 5.07. The lowest BCUT2D eigenvalue weighted by Gasteiger charge is -2.22. The zero-order chi connectivity index (χ0) is 19.7. The van der Waals surface area contributed by atoms with Crippen molar-refractivity contribution < 1.29 is 18.9 Å². The quantitative estimate of drug-likeness (QED) is 0.723. The minimum atomic E-state index is 0.283. The minimum absolute atomic E-state index is 0.283. The van der Waals surface area contributed by atoms with Gasteiger partial charge in [0.05, 0.1) is 32.7 Å². The monoisotopic (exact) mass is 384 g/mol. The Labute approximate surface area is 163 Å². The summed E-state index contributed by atoms with van der Waals surface area (Å²) in [4.78, 5) is 4.88. The molecule has 1 aromatic carbocycles. The smallest absolute Gasteiger partial charge is 0.203 e. The van der Waals surface area contributed by atoms with E-state index in [0.717, 1.165) is 48.7 Å². The maximum Gasteiger partial charge on any atom is 0.203 e. The van der Waals surface area contributed by atoms with Crippen LogP contribution >= 0.6 is 0 Å². The van der Waals surface area contributed by atoms with E-state index in [1.807, 2.05) is 18.2 Å². The highest BCUT2D eigenvalue weighted by Gasteiger charge is 2.27. The first-order valence-corrected chi connectivity index (χ1v) is 9.19. The second-order valence-electron chi connectivity index (χ2n) is 6.67. The number of ether oxygens (including phenoxy) is 4. The van der Waals surface area contributed by atoms with Gasteiger partial charge in [-0.3, -0.25) is 0 Å². The number of methoxy groups -OCH3 is 3. The number of aromatic nitrogens is 3. The SMILES string of the molecule is COc1cc(-c2c(C3CCOCC3)nc3ccc(N)nn23)cc(OC)c1OC. The van der Waals surface area contributed by atoms with Gasteiger partial charge in [-0.1, -0.05) is 0 Å². The first kappa shape index (κ1) is 18.4. The Morgan fingerprint density at radius 2 is 1.71 bits per heavy atom. The highest BCUT2D eigenvalue weighted by atomic mass is 16.5. The van der Waals surface area contributed by atoms with E-state index in [1.54, 1.807) is 31.9 Å². The lowest BCUT2D eigenvalue weighted by molar-refractivity contribution is 0.0847. The molecule has 1 aliphatic heterocycles. The molecule has 0 saturated carbocycles. The van der Waals surface area contributed by atoms with Crippen molar-refractivity contribution in [1.29, 1.82) is 0 Å². The average molecular weight is 384 g/mol. The van der Waals surface area contributed by atoms with Crippen LogP contribution in [0.2, 0.25) is 0 Å². The summed E-state index contributed by atoms with van der Waals surface area (Å²) in [5, 5.41) is 4.51. The van der Waals surface area contributed by atoms with Crippen LogP contribution in [0, 0.1) is 0 Å². The molecule has 0 radical (unpaired) electrons. The number of fused-ring (bicyclic) bond motifs is 1. The molecule has 0 atom stereocenters. The molecule has 3 aromatic rings. The molecule has 1 aliphatic rings. The van der Waals surface area contributed by atoms with Crippen LogP contribution in [0.4, 0.5) is 5.82 Å². The van der Waals surface area contributed by atoms with E-state index in [-0.39, 0.29) is 5.92 Å². The molecular formula is C20H24N4O4. The van der Waals surface area contributed by atoms with Crippen molar-refractivity contribution in [2.24, 2.45) is 0 Å². The van der Waals surface area contributed by atoms with Gasteiger partial charge in [-0.05, 0) is 37.1 Å². The molecule has 0 aliphatic carbocycles. The standard InChI is InChI=1S/C20H24N4O4/c1-25-14-10-13(11-15(26-2)20(14)27-3)19-18(12-6-8-28-9-7-12)22-17-5-4-16(21)23-24(17)19/h4-5,10-12H,6-9H2,1-3H3,(H2,21,23). The Hall–Kier alpha value is -3.00. The van der Waals surface area contributed by atoms with Gasteiger partial charge in [0, 0.05) is 24.7 Å². The number of hydrogen-bond acceptors (Lipinski definition) is 7. The summed E-state index contributed by atoms with van der Waals surface area (Å²) in [7, 11) is 4.79. The van der Waals surface area contributed by atoms with Crippen LogP contribution in [-0.2, 0) is 4.74 Å². The second-order valence-corrected chi connectivity index (χ2v) is 6.67. The van der Waals surface area contributed by atoms with Crippen LogP contribution in [0.5, 0.6) is 17.2 Å². The van der Waals surface area contributed by atoms with Gasteiger partial charge >= 0.3 is 0 Å². The lowest BCUT2D eigenvalue weighted by atomic mass is 9.93. The Morgan fingerprint density at radius 3 is 2.32 bits per heavy atom. The van der Waals surface area contributed by atoms with E-state index in [0.29, 0.717) is 23.1 Å². The van der Waals surface area contributed by atoms with Crippen molar-refractivity contribution in [3.63, 3.8) is 0 Å². The van der Waals surface area contributed by atoms with Crippen LogP contribution in [0.1, 0.15) is 24.5 Å². The Kier molecular flexibility index (Phi) is 4.95.